The molecule has 1 amide bonds. The second kappa shape index (κ2) is 7.57. The third-order valence-electron chi connectivity index (χ3n) is 2.85. The molecule has 0 spiro atoms. The molecule has 0 aliphatic rings. The van der Waals surface area contributed by atoms with E-state index in [1.54, 1.807) is 0 Å². The molecule has 0 aliphatic carbocycles. The lowest BCUT2D eigenvalue weighted by Crippen LogP contribution is -2.46. The van der Waals surface area contributed by atoms with Gasteiger partial charge in [0.1, 0.15) is 5.75 Å². The highest BCUT2D eigenvalue weighted by atomic mass is 127. The predicted octanol–water partition coefficient (Wildman–Crippen LogP) is 4.58. The number of aromatic nitrogens is 1. The number of nitrogens with zero attached hydrogens (tertiary/aromatic N) is 1. The molecule has 0 saturated heterocycles. The summed E-state index contributed by atoms with van der Waals surface area (Å²) in [7, 11) is 0. The van der Waals surface area contributed by atoms with Gasteiger partial charge in [-0.15, -0.1) is 11.8 Å². The molecule has 23 heavy (non-hydrogen) atoms. The zero-order chi connectivity index (χ0) is 17.2. The van der Waals surface area contributed by atoms with Crippen molar-refractivity contribution in [3.05, 3.63) is 32.4 Å². The summed E-state index contributed by atoms with van der Waals surface area (Å²) in [5.41, 5.74) is -0.0229. The third kappa shape index (κ3) is 5.22. The molecule has 1 aromatic carbocycles. The van der Waals surface area contributed by atoms with Crippen molar-refractivity contribution < 1.29 is 9.53 Å². The molecule has 2 rings (SSSR count). The van der Waals surface area contributed by atoms with Crippen LogP contribution in [0.4, 0.5) is 0 Å². The number of carbonyl (C=O) groups excluding carboxylic acids is 1. The first-order valence-electron chi connectivity index (χ1n) is 6.96. The molecule has 124 valence electrons. The fourth-order valence-electron chi connectivity index (χ4n) is 1.98. The Balaban J connectivity index is 2.27. The van der Waals surface area contributed by atoms with E-state index in [0.717, 1.165) is 18.9 Å². The predicted molar refractivity (Wildman–Crippen MR) is 108 cm³/mol. The summed E-state index contributed by atoms with van der Waals surface area (Å²) < 4.78 is 7.78. The van der Waals surface area contributed by atoms with Crippen LogP contribution in [0.3, 0.4) is 0 Å². The van der Waals surface area contributed by atoms with E-state index >= 15 is 0 Å². The van der Waals surface area contributed by atoms with Crippen LogP contribution in [0.2, 0.25) is 0 Å². The van der Waals surface area contributed by atoms with E-state index in [1.165, 1.54) is 11.8 Å². The molecule has 1 aromatic heterocycles. The van der Waals surface area contributed by atoms with Gasteiger partial charge in [-0.05, 0) is 83.7 Å². The van der Waals surface area contributed by atoms with Crippen molar-refractivity contribution in [3.8, 4) is 5.75 Å². The van der Waals surface area contributed by atoms with E-state index < -0.39 is 5.44 Å². The van der Waals surface area contributed by atoms with Crippen molar-refractivity contribution in [1.82, 2.24) is 10.3 Å². The van der Waals surface area contributed by atoms with Gasteiger partial charge in [0, 0.05) is 25.2 Å². The number of amides is 1. The molecule has 2 aromatic rings. The van der Waals surface area contributed by atoms with Gasteiger partial charge in [-0.1, -0.05) is 0 Å². The topological polar surface area (TPSA) is 51.2 Å². The molecule has 0 saturated carbocycles. The fourth-order valence-corrected chi connectivity index (χ4v) is 3.49. The summed E-state index contributed by atoms with van der Waals surface area (Å²) in [5, 5.41) is 3.91. The maximum Gasteiger partial charge on any atom is 0.272 e. The van der Waals surface area contributed by atoms with E-state index in [2.05, 4.69) is 48.8 Å². The summed E-state index contributed by atoms with van der Waals surface area (Å²) in [6.45, 7) is 5.84. The van der Waals surface area contributed by atoms with Crippen LogP contribution in [0.1, 0.15) is 20.8 Å². The lowest BCUT2D eigenvalue weighted by molar-refractivity contribution is -0.125. The van der Waals surface area contributed by atoms with E-state index in [9.17, 15) is 4.79 Å². The first-order chi connectivity index (χ1) is 10.7. The molecule has 1 atom stereocenters. The molecule has 1 N–H and O–H groups in total. The van der Waals surface area contributed by atoms with E-state index in [4.69, 9.17) is 4.74 Å². The average molecular weight is 509 g/mol. The lowest BCUT2D eigenvalue weighted by Gasteiger charge is -2.24. The van der Waals surface area contributed by atoms with Crippen molar-refractivity contribution in [2.75, 3.05) is 6.26 Å². The van der Waals surface area contributed by atoms with Crippen LogP contribution in [-0.2, 0) is 4.79 Å². The minimum atomic E-state index is -0.602. The van der Waals surface area contributed by atoms with Gasteiger partial charge in [-0.3, -0.25) is 9.78 Å². The number of fused-ring (bicyclic) bond motifs is 1. The number of hydrogen-bond donors (Lipinski definition) is 1. The Kier molecular flexibility index (Phi) is 6.18. The molecule has 7 heteroatoms. The van der Waals surface area contributed by atoms with Gasteiger partial charge in [0.15, 0.2) is 0 Å². The fraction of sp³-hybridized carbons (Fsp3) is 0.375. The van der Waals surface area contributed by atoms with Gasteiger partial charge in [-0.2, -0.15) is 0 Å². The molecule has 0 bridgehead atoms. The van der Waals surface area contributed by atoms with Gasteiger partial charge in [0.25, 0.3) is 5.91 Å². The number of rotatable bonds is 4. The summed E-state index contributed by atoms with van der Waals surface area (Å²) in [6.07, 6.45) is 3.67. The smallest absolute Gasteiger partial charge is 0.272 e. The number of halogens is 2. The van der Waals surface area contributed by atoms with Crippen LogP contribution in [0.5, 0.6) is 5.75 Å². The van der Waals surface area contributed by atoms with Gasteiger partial charge in [-0.25, -0.2) is 0 Å². The minimum Gasteiger partial charge on any atom is -0.470 e. The number of carbonyl (C=O) groups is 1. The van der Waals surface area contributed by atoms with Crippen molar-refractivity contribution in [2.24, 2.45) is 0 Å². The number of nitrogens with one attached hydrogen (secondary N) is 1. The normalized spacial score (nSPS) is 13.0. The van der Waals surface area contributed by atoms with Crippen molar-refractivity contribution in [3.63, 3.8) is 0 Å². The maximum atomic E-state index is 12.3. The van der Waals surface area contributed by atoms with Gasteiger partial charge >= 0.3 is 0 Å². The summed E-state index contributed by atoms with van der Waals surface area (Å²) >= 11 is 7.10. The van der Waals surface area contributed by atoms with Gasteiger partial charge in [0.05, 0.1) is 5.52 Å². The largest absolute Gasteiger partial charge is 0.470 e. The minimum absolute atomic E-state index is 0.137. The van der Waals surface area contributed by atoms with Gasteiger partial charge < -0.3 is 10.1 Å². The second-order valence-corrected chi connectivity index (χ2v) is 9.05. The highest BCUT2D eigenvalue weighted by Crippen LogP contribution is 2.30. The summed E-state index contributed by atoms with van der Waals surface area (Å²) in [5.74, 6) is 0.499. The molecule has 0 aliphatic heterocycles. The van der Waals surface area contributed by atoms with E-state index in [1.807, 2.05) is 51.4 Å². The Bertz CT molecular complexity index is 734. The van der Waals surface area contributed by atoms with Crippen molar-refractivity contribution in [2.45, 2.75) is 31.7 Å². The molecule has 0 radical (unpaired) electrons. The van der Waals surface area contributed by atoms with Crippen LogP contribution in [0, 0.1) is 3.57 Å². The maximum absolute atomic E-state index is 12.3. The molecule has 0 fully saturated rings. The number of benzene rings is 1. The van der Waals surface area contributed by atoms with Crippen LogP contribution < -0.4 is 10.1 Å². The third-order valence-corrected chi connectivity index (χ3v) is 4.78. The zero-order valence-corrected chi connectivity index (χ0v) is 17.9. The van der Waals surface area contributed by atoms with Crippen LogP contribution in [0.25, 0.3) is 10.9 Å². The van der Waals surface area contributed by atoms with Crippen LogP contribution >= 0.6 is 50.3 Å². The Morgan fingerprint density at radius 3 is 2.70 bits per heavy atom. The van der Waals surface area contributed by atoms with Crippen LogP contribution in [0.15, 0.2) is 28.9 Å². The standard InChI is InChI=1S/C16H18BrIN2O2S/c1-16(2,3)20-14(21)15(23-4)22-11-6-9-5-10(18)8-19-13(9)12(17)7-11/h5-8,15H,1-4H3,(H,20,21). The number of pyridine rings is 1. The molecule has 4 nitrogen and oxygen atoms in total. The Labute approximate surface area is 162 Å². The quantitative estimate of drug-likeness (QED) is 0.485. The number of thioether (sulfide) groups is 1. The summed E-state index contributed by atoms with van der Waals surface area (Å²) in [4.78, 5) is 16.7. The monoisotopic (exact) mass is 508 g/mol. The Hall–Kier alpha value is -0.540. The molecule has 1 unspecified atom stereocenters. The SMILES string of the molecule is CSC(Oc1cc(Br)c2ncc(I)cc2c1)C(=O)NC(C)(C)C. The zero-order valence-electron chi connectivity index (χ0n) is 13.3. The van der Waals surface area contributed by atoms with E-state index in [-0.39, 0.29) is 11.4 Å². The average Bonchev–Trinajstić information content (AvgIpc) is 2.42. The summed E-state index contributed by atoms with van der Waals surface area (Å²) in [6, 6.07) is 5.78. The first kappa shape index (κ1) is 18.8. The highest BCUT2D eigenvalue weighted by molar-refractivity contribution is 14.1. The highest BCUT2D eigenvalue weighted by Gasteiger charge is 2.24. The number of hydrogen-bond acceptors (Lipinski definition) is 4. The van der Waals surface area contributed by atoms with Crippen molar-refractivity contribution >= 4 is 67.1 Å². The van der Waals surface area contributed by atoms with Gasteiger partial charge in [0.2, 0.25) is 5.44 Å². The Morgan fingerprint density at radius 1 is 1.39 bits per heavy atom. The molecule has 1 heterocycles. The number of ether oxygens (including phenoxy) is 1. The Morgan fingerprint density at radius 2 is 2.09 bits per heavy atom. The molecular weight excluding hydrogens is 491 g/mol. The van der Waals surface area contributed by atoms with E-state index in [0.29, 0.717) is 5.75 Å². The molecular formula is C16H18BrIN2O2S. The van der Waals surface area contributed by atoms with Crippen molar-refractivity contribution in [1.29, 1.82) is 0 Å². The van der Waals surface area contributed by atoms with Crippen LogP contribution in [-0.4, -0.2) is 28.1 Å². The second-order valence-electron chi connectivity index (χ2n) is 6.06. The lowest BCUT2D eigenvalue weighted by atomic mass is 10.1. The first-order valence-corrected chi connectivity index (χ1v) is 10.1.